The van der Waals surface area contributed by atoms with Gasteiger partial charge in [0.25, 0.3) is 0 Å². The van der Waals surface area contributed by atoms with E-state index in [4.69, 9.17) is 0 Å². The molecule has 6 nitrogen and oxygen atoms in total. The van der Waals surface area contributed by atoms with Gasteiger partial charge in [-0.15, -0.1) is 0 Å². The van der Waals surface area contributed by atoms with E-state index in [-0.39, 0.29) is 13.1 Å². The molecule has 0 saturated carbocycles. The second-order valence-electron chi connectivity index (χ2n) is 5.44. The van der Waals surface area contributed by atoms with Gasteiger partial charge in [-0.25, -0.2) is 13.1 Å². The molecule has 0 fully saturated rings. The summed E-state index contributed by atoms with van der Waals surface area (Å²) in [5.74, 6) is 0. The largest absolute Gasteiger partial charge is 0.260 e. The third-order valence-electron chi connectivity index (χ3n) is 3.54. The fourth-order valence-corrected chi connectivity index (χ4v) is 3.05. The lowest BCUT2D eigenvalue weighted by molar-refractivity contribution is 0.395. The van der Waals surface area contributed by atoms with Crippen LogP contribution in [0, 0.1) is 0 Å². The van der Waals surface area contributed by atoms with E-state index >= 15 is 0 Å². The molecule has 7 heteroatoms. The maximum atomic E-state index is 12.1. The number of hydrogen-bond acceptors (Lipinski definition) is 4. The molecule has 0 bridgehead atoms. The summed E-state index contributed by atoms with van der Waals surface area (Å²) < 4.78 is 27.3. The molecule has 1 aromatic carbocycles. The van der Waals surface area contributed by atoms with E-state index in [1.165, 1.54) is 10.6 Å². The summed E-state index contributed by atoms with van der Waals surface area (Å²) in [5.41, 5.74) is 2.31. The van der Waals surface area contributed by atoms with Crippen molar-refractivity contribution in [1.82, 2.24) is 19.1 Å². The molecule has 124 valence electrons. The van der Waals surface area contributed by atoms with Crippen molar-refractivity contribution >= 4 is 10.0 Å². The Labute approximate surface area is 141 Å². The summed E-state index contributed by atoms with van der Waals surface area (Å²) in [4.78, 5) is 4.19. The van der Waals surface area contributed by atoms with Crippen LogP contribution in [0.1, 0.15) is 11.4 Å². The lowest BCUT2D eigenvalue weighted by Crippen LogP contribution is -2.29. The van der Waals surface area contributed by atoms with E-state index in [9.17, 15) is 8.42 Å². The topological polar surface area (TPSA) is 68.1 Å². The Kier molecular flexibility index (Phi) is 4.73. The van der Waals surface area contributed by atoms with Crippen molar-refractivity contribution in [3.63, 3.8) is 0 Å². The smallest absolute Gasteiger partial charge is 0.211 e. The van der Waals surface area contributed by atoms with Gasteiger partial charge in [0, 0.05) is 12.4 Å². The molecule has 0 saturated heterocycles. The lowest BCUT2D eigenvalue weighted by atomic mass is 10.3. The van der Waals surface area contributed by atoms with Crippen LogP contribution in [0.3, 0.4) is 0 Å². The van der Waals surface area contributed by atoms with Crippen molar-refractivity contribution in [2.75, 3.05) is 6.26 Å². The van der Waals surface area contributed by atoms with Crippen LogP contribution in [-0.2, 0) is 23.1 Å². The fourth-order valence-electron chi connectivity index (χ4n) is 2.31. The number of hydrogen-bond donors (Lipinski definition) is 0. The minimum atomic E-state index is -3.37. The third kappa shape index (κ3) is 4.06. The highest BCUT2D eigenvalue weighted by molar-refractivity contribution is 7.88. The molecule has 0 radical (unpaired) electrons. The number of aromatic nitrogens is 3. The summed E-state index contributed by atoms with van der Waals surface area (Å²) in [6.45, 7) is 0.424. The molecule has 2 heterocycles. The van der Waals surface area contributed by atoms with Crippen LogP contribution in [0.15, 0.2) is 67.0 Å². The Morgan fingerprint density at radius 3 is 2.33 bits per heavy atom. The van der Waals surface area contributed by atoms with Gasteiger partial charge in [-0.2, -0.15) is 9.40 Å². The number of pyridine rings is 1. The maximum Gasteiger partial charge on any atom is 0.211 e. The van der Waals surface area contributed by atoms with Crippen LogP contribution in [0.25, 0.3) is 5.69 Å². The lowest BCUT2D eigenvalue weighted by Gasteiger charge is -2.18. The normalized spacial score (nSPS) is 11.8. The van der Waals surface area contributed by atoms with E-state index < -0.39 is 10.0 Å². The average molecular weight is 342 g/mol. The predicted octanol–water partition coefficient (Wildman–Crippen LogP) is 2.23. The van der Waals surface area contributed by atoms with Gasteiger partial charge < -0.3 is 0 Å². The summed E-state index contributed by atoms with van der Waals surface area (Å²) in [6.07, 6.45) is 4.68. The van der Waals surface area contributed by atoms with Crippen molar-refractivity contribution in [3.8, 4) is 5.69 Å². The zero-order valence-electron chi connectivity index (χ0n) is 13.3. The number of sulfonamides is 1. The molecular formula is C17H18N4O2S. The van der Waals surface area contributed by atoms with Gasteiger partial charge in [-0.05, 0) is 30.3 Å². The minimum Gasteiger partial charge on any atom is -0.260 e. The monoisotopic (exact) mass is 342 g/mol. The molecule has 2 aromatic heterocycles. The van der Waals surface area contributed by atoms with Crippen LogP contribution >= 0.6 is 0 Å². The number of benzene rings is 1. The fraction of sp³-hybridized carbons (Fsp3) is 0.176. The predicted molar refractivity (Wildman–Crippen MR) is 91.9 cm³/mol. The Morgan fingerprint density at radius 1 is 0.958 bits per heavy atom. The summed E-state index contributed by atoms with van der Waals surface area (Å²) in [5, 5.41) is 4.47. The van der Waals surface area contributed by atoms with Crippen molar-refractivity contribution < 1.29 is 8.42 Å². The van der Waals surface area contributed by atoms with Crippen LogP contribution in [0.2, 0.25) is 0 Å². The Hall–Kier alpha value is -2.51. The quantitative estimate of drug-likeness (QED) is 0.689. The molecule has 0 spiro atoms. The van der Waals surface area contributed by atoms with Crippen molar-refractivity contribution in [2.45, 2.75) is 13.1 Å². The molecule has 0 atom stereocenters. The molecule has 3 rings (SSSR count). The van der Waals surface area contributed by atoms with Crippen molar-refractivity contribution in [2.24, 2.45) is 0 Å². The molecule has 0 amide bonds. The number of para-hydroxylation sites is 1. The molecule has 0 unspecified atom stereocenters. The van der Waals surface area contributed by atoms with E-state index in [1.54, 1.807) is 23.0 Å². The average Bonchev–Trinajstić information content (AvgIpc) is 3.04. The SMILES string of the molecule is CS(=O)(=O)N(Cc1ccccn1)Cc1ccn(-c2ccccc2)n1. The first-order valence-corrected chi connectivity index (χ1v) is 9.32. The van der Waals surface area contributed by atoms with Gasteiger partial charge in [-0.1, -0.05) is 24.3 Å². The summed E-state index contributed by atoms with van der Waals surface area (Å²) in [6, 6.07) is 17.0. The molecule has 0 N–H and O–H groups in total. The van der Waals surface area contributed by atoms with Crippen molar-refractivity contribution in [1.29, 1.82) is 0 Å². The van der Waals surface area contributed by atoms with Crippen LogP contribution < -0.4 is 0 Å². The van der Waals surface area contributed by atoms with Crippen LogP contribution in [0.5, 0.6) is 0 Å². The highest BCUT2D eigenvalue weighted by Crippen LogP contribution is 2.13. The minimum absolute atomic E-state index is 0.204. The van der Waals surface area contributed by atoms with Gasteiger partial charge in [0.1, 0.15) is 0 Å². The van der Waals surface area contributed by atoms with E-state index in [2.05, 4.69) is 10.1 Å². The molecule has 0 aliphatic carbocycles. The number of nitrogens with zero attached hydrogens (tertiary/aromatic N) is 4. The first-order valence-electron chi connectivity index (χ1n) is 7.47. The molecule has 0 aliphatic heterocycles. The van der Waals surface area contributed by atoms with Crippen LogP contribution in [-0.4, -0.2) is 33.7 Å². The Bertz CT molecular complexity index is 893. The summed E-state index contributed by atoms with van der Waals surface area (Å²) >= 11 is 0. The van der Waals surface area contributed by atoms with Gasteiger partial charge in [0.15, 0.2) is 0 Å². The van der Waals surface area contributed by atoms with E-state index in [1.807, 2.05) is 48.7 Å². The molecule has 24 heavy (non-hydrogen) atoms. The standard InChI is InChI=1S/C17H18N4O2S/c1-24(22,23)20(13-15-7-5-6-11-18-15)14-16-10-12-21(19-16)17-8-3-2-4-9-17/h2-12H,13-14H2,1H3. The summed E-state index contributed by atoms with van der Waals surface area (Å²) in [7, 11) is -3.37. The second kappa shape index (κ2) is 6.94. The second-order valence-corrected chi connectivity index (χ2v) is 7.42. The van der Waals surface area contributed by atoms with Gasteiger partial charge in [0.2, 0.25) is 10.0 Å². The van der Waals surface area contributed by atoms with Crippen LogP contribution in [0.4, 0.5) is 0 Å². The Morgan fingerprint density at radius 2 is 1.67 bits per heavy atom. The third-order valence-corrected chi connectivity index (χ3v) is 4.73. The highest BCUT2D eigenvalue weighted by Gasteiger charge is 2.19. The van der Waals surface area contributed by atoms with E-state index in [0.717, 1.165) is 5.69 Å². The van der Waals surface area contributed by atoms with E-state index in [0.29, 0.717) is 11.4 Å². The zero-order valence-corrected chi connectivity index (χ0v) is 14.1. The first-order chi connectivity index (χ1) is 11.5. The van der Waals surface area contributed by atoms with Crippen molar-refractivity contribution in [3.05, 3.63) is 78.4 Å². The highest BCUT2D eigenvalue weighted by atomic mass is 32.2. The van der Waals surface area contributed by atoms with Gasteiger partial charge >= 0.3 is 0 Å². The molecular weight excluding hydrogens is 324 g/mol. The van der Waals surface area contributed by atoms with Gasteiger partial charge in [-0.3, -0.25) is 4.98 Å². The Balaban J connectivity index is 1.80. The number of rotatable bonds is 6. The molecule has 3 aromatic rings. The zero-order chi connectivity index (χ0) is 17.0. The maximum absolute atomic E-state index is 12.1. The molecule has 0 aliphatic rings. The first kappa shape index (κ1) is 16.4. The van der Waals surface area contributed by atoms with Gasteiger partial charge in [0.05, 0.1) is 36.4 Å².